The van der Waals surface area contributed by atoms with Crippen molar-refractivity contribution in [2.75, 3.05) is 66.0 Å². The summed E-state index contributed by atoms with van der Waals surface area (Å²) >= 11 is 0. The fraction of sp³-hybridized carbons (Fsp3) is 0.510. The number of carbonyl (C=O) groups is 1. The molecule has 0 aliphatic carbocycles. The number of benzene rings is 4. The average molecular weight is 959 g/mol. The second-order valence-corrected chi connectivity index (χ2v) is 16.4. The fourth-order valence-corrected chi connectivity index (χ4v) is 7.84. The molecule has 0 saturated carbocycles. The molecule has 0 radical (unpaired) electrons. The van der Waals surface area contributed by atoms with Crippen LogP contribution in [0.3, 0.4) is 0 Å². The van der Waals surface area contributed by atoms with Crippen molar-refractivity contribution in [2.45, 2.75) is 101 Å². The minimum Gasteiger partial charge on any atom is -0.394 e. The summed E-state index contributed by atoms with van der Waals surface area (Å²) in [6.45, 7) is 3.98. The number of rotatable bonds is 31. The van der Waals surface area contributed by atoms with Crippen LogP contribution < -0.4 is 5.32 Å². The molecule has 4 aromatic carbocycles. The van der Waals surface area contributed by atoms with Gasteiger partial charge in [0.2, 0.25) is 5.91 Å². The summed E-state index contributed by atoms with van der Waals surface area (Å²) in [7, 11) is 0. The Morgan fingerprint density at radius 3 is 1.65 bits per heavy atom. The van der Waals surface area contributed by atoms with E-state index in [9.17, 15) is 15.0 Å². The molecule has 374 valence electrons. The number of ether oxygens (including phenoxy) is 11. The van der Waals surface area contributed by atoms with Gasteiger partial charge in [-0.25, -0.2) is 0 Å². The Bertz CT molecular complexity index is 2040. The lowest BCUT2D eigenvalue weighted by Gasteiger charge is -2.49. The van der Waals surface area contributed by atoms with Crippen molar-refractivity contribution in [2.24, 2.45) is 5.11 Å². The smallest absolute Gasteiger partial charge is 0.217 e. The third-order valence-corrected chi connectivity index (χ3v) is 11.2. The topological polar surface area (TPSA) is 220 Å². The van der Waals surface area contributed by atoms with Crippen LogP contribution in [0.5, 0.6) is 0 Å². The summed E-state index contributed by atoms with van der Waals surface area (Å²) in [4.78, 5) is 15.8. The van der Waals surface area contributed by atoms with E-state index in [1.54, 1.807) is 0 Å². The molecule has 2 aliphatic rings. The molecule has 2 heterocycles. The number of amides is 1. The molecular formula is C51H66N4O14. The van der Waals surface area contributed by atoms with Crippen LogP contribution in [0.1, 0.15) is 35.6 Å². The second-order valence-electron chi connectivity index (χ2n) is 16.4. The lowest BCUT2D eigenvalue weighted by molar-refractivity contribution is -0.361. The first-order valence-corrected chi connectivity index (χ1v) is 23.4. The highest BCUT2D eigenvalue weighted by Gasteiger charge is 2.53. The number of hydrogen-bond acceptors (Lipinski definition) is 15. The Hall–Kier alpha value is -4.86. The Kier molecular flexibility index (Phi) is 23.8. The second kappa shape index (κ2) is 30.7. The van der Waals surface area contributed by atoms with Gasteiger partial charge in [0.05, 0.1) is 72.7 Å². The molecule has 6 rings (SSSR count). The molecule has 0 bridgehead atoms. The summed E-state index contributed by atoms with van der Waals surface area (Å²) in [6.07, 6.45) is -9.17. The van der Waals surface area contributed by atoms with Crippen LogP contribution in [0.2, 0.25) is 0 Å². The summed E-state index contributed by atoms with van der Waals surface area (Å²) < 4.78 is 69.6. The molecule has 2 fully saturated rings. The van der Waals surface area contributed by atoms with Gasteiger partial charge in [-0.3, -0.25) is 4.79 Å². The van der Waals surface area contributed by atoms with Gasteiger partial charge in [0.15, 0.2) is 12.6 Å². The van der Waals surface area contributed by atoms with E-state index < -0.39 is 68.0 Å². The maximum Gasteiger partial charge on any atom is 0.217 e. The normalized spacial score (nSPS) is 24.6. The Morgan fingerprint density at radius 2 is 1.10 bits per heavy atom. The molecule has 10 atom stereocenters. The maximum absolute atomic E-state index is 13.1. The summed E-state index contributed by atoms with van der Waals surface area (Å²) in [5.74, 6) is -0.350. The van der Waals surface area contributed by atoms with Crippen LogP contribution in [0.15, 0.2) is 126 Å². The van der Waals surface area contributed by atoms with Gasteiger partial charge in [-0.15, -0.1) is 0 Å². The van der Waals surface area contributed by atoms with E-state index in [4.69, 9.17) is 57.6 Å². The number of aliphatic hydroxyl groups excluding tert-OH is 2. The molecule has 0 spiro atoms. The molecule has 2 aliphatic heterocycles. The van der Waals surface area contributed by atoms with Gasteiger partial charge >= 0.3 is 0 Å². The molecule has 0 aromatic heterocycles. The largest absolute Gasteiger partial charge is 0.394 e. The predicted molar refractivity (Wildman–Crippen MR) is 251 cm³/mol. The summed E-state index contributed by atoms with van der Waals surface area (Å²) in [5.41, 5.74) is 11.9. The van der Waals surface area contributed by atoms with Crippen molar-refractivity contribution >= 4 is 5.91 Å². The standard InChI is InChI=1S/C51H66N4O14/c1-37(57)54-44-47(64-33-39-17-8-3-9-18-39)46(43(36-62-32-38-15-6-2-7-16-38)68-50(44)66-35-41-21-12-5-13-22-41)69-51-49(65-34-40-19-10-4-11-20-40)48(45(58)42(31-56)67-51)63-30-29-60-25-14-24-59-27-28-61-26-23-53-55-52/h2-13,15-22,42-51,56,58H,14,23-36H2,1H3,(H,54,57)/t42-,43-,44-,45-,46-,47-,48+,49+,50-,51+/m1/s1. The third-order valence-electron chi connectivity index (χ3n) is 11.2. The van der Waals surface area contributed by atoms with Gasteiger partial charge in [-0.2, -0.15) is 0 Å². The molecular weight excluding hydrogens is 893 g/mol. The van der Waals surface area contributed by atoms with Crippen LogP contribution in [0, 0.1) is 0 Å². The lowest BCUT2D eigenvalue weighted by Crippen LogP contribution is -2.68. The van der Waals surface area contributed by atoms with Crippen LogP contribution in [0.25, 0.3) is 10.4 Å². The molecule has 69 heavy (non-hydrogen) atoms. The van der Waals surface area contributed by atoms with E-state index in [0.29, 0.717) is 39.5 Å². The van der Waals surface area contributed by atoms with Crippen molar-refractivity contribution < 1.29 is 67.1 Å². The highest BCUT2D eigenvalue weighted by atomic mass is 16.7. The van der Waals surface area contributed by atoms with Crippen LogP contribution >= 0.6 is 0 Å². The lowest BCUT2D eigenvalue weighted by atomic mass is 9.94. The number of carbonyl (C=O) groups excluding carboxylic acids is 1. The zero-order valence-corrected chi connectivity index (χ0v) is 39.1. The van der Waals surface area contributed by atoms with Gasteiger partial charge in [-0.05, 0) is 34.2 Å². The first-order chi connectivity index (χ1) is 33.9. The third kappa shape index (κ3) is 18.1. The van der Waals surface area contributed by atoms with Crippen molar-refractivity contribution in [3.8, 4) is 0 Å². The molecule has 3 N–H and O–H groups in total. The molecule has 4 aromatic rings. The van der Waals surface area contributed by atoms with Crippen molar-refractivity contribution in [3.63, 3.8) is 0 Å². The van der Waals surface area contributed by atoms with Crippen molar-refractivity contribution in [3.05, 3.63) is 154 Å². The number of aliphatic hydroxyl groups is 2. The Morgan fingerprint density at radius 1 is 0.594 bits per heavy atom. The fourth-order valence-electron chi connectivity index (χ4n) is 7.84. The Balaban J connectivity index is 1.24. The van der Waals surface area contributed by atoms with Crippen LogP contribution in [-0.2, 0) is 83.3 Å². The van der Waals surface area contributed by atoms with Gasteiger partial charge in [0.25, 0.3) is 0 Å². The Labute approximate surface area is 403 Å². The van der Waals surface area contributed by atoms with Gasteiger partial charge < -0.3 is 67.6 Å². The minimum absolute atomic E-state index is 0.00597. The first-order valence-electron chi connectivity index (χ1n) is 23.4. The number of nitrogens with zero attached hydrogens (tertiary/aromatic N) is 3. The van der Waals surface area contributed by atoms with Gasteiger partial charge in [0, 0.05) is 31.6 Å². The zero-order chi connectivity index (χ0) is 48.3. The van der Waals surface area contributed by atoms with E-state index >= 15 is 0 Å². The van der Waals surface area contributed by atoms with E-state index in [0.717, 1.165) is 22.3 Å². The van der Waals surface area contributed by atoms with Gasteiger partial charge in [0.1, 0.15) is 48.8 Å². The van der Waals surface area contributed by atoms with Crippen LogP contribution in [-0.4, -0.2) is 143 Å². The highest BCUT2D eigenvalue weighted by molar-refractivity contribution is 5.73. The molecule has 0 unspecified atom stereocenters. The number of azide groups is 1. The molecule has 2 saturated heterocycles. The predicted octanol–water partition coefficient (Wildman–Crippen LogP) is 5.42. The monoisotopic (exact) mass is 958 g/mol. The molecule has 18 heteroatoms. The highest BCUT2D eigenvalue weighted by Crippen LogP contribution is 2.34. The number of hydrogen-bond donors (Lipinski definition) is 3. The first kappa shape index (κ1) is 53.5. The average Bonchev–Trinajstić information content (AvgIpc) is 3.37. The van der Waals surface area contributed by atoms with E-state index in [-0.39, 0.29) is 58.7 Å². The quantitative estimate of drug-likeness (QED) is 0.0248. The van der Waals surface area contributed by atoms with E-state index in [1.807, 2.05) is 121 Å². The summed E-state index contributed by atoms with van der Waals surface area (Å²) in [5, 5.41) is 28.8. The maximum atomic E-state index is 13.1. The summed E-state index contributed by atoms with van der Waals surface area (Å²) in [6, 6.07) is 37.6. The van der Waals surface area contributed by atoms with E-state index in [1.165, 1.54) is 6.92 Å². The van der Waals surface area contributed by atoms with Crippen molar-refractivity contribution in [1.29, 1.82) is 0 Å². The van der Waals surface area contributed by atoms with Crippen LogP contribution in [0.4, 0.5) is 0 Å². The SMILES string of the molecule is CC(=O)N[C@H]1[C@H](OCc2ccccc2)O[C@H](COCc2ccccc2)[C@@H](O[C@@H]2O[C@H](CO)[C@@H](O)[C@H](OCCOCCCOCCOCCN=[N+]=[N-])[C@@H]2OCc2ccccc2)[C@@H]1OCc1ccccc1. The van der Waals surface area contributed by atoms with E-state index in [2.05, 4.69) is 15.3 Å². The molecule has 1 amide bonds. The minimum atomic E-state index is -1.33. The number of nitrogens with one attached hydrogen (secondary N) is 1. The molecule has 18 nitrogen and oxygen atoms in total. The van der Waals surface area contributed by atoms with Crippen molar-refractivity contribution in [1.82, 2.24) is 5.32 Å². The zero-order valence-electron chi connectivity index (χ0n) is 39.1. The van der Waals surface area contributed by atoms with Gasteiger partial charge in [-0.1, -0.05) is 126 Å².